The first-order chi connectivity index (χ1) is 25.3. The van der Waals surface area contributed by atoms with E-state index in [4.69, 9.17) is 14.4 Å². The number of nitrogens with zero attached hydrogens (tertiary/aromatic N) is 6. The molecule has 0 radical (unpaired) electrons. The van der Waals surface area contributed by atoms with E-state index in [2.05, 4.69) is 153 Å². The van der Waals surface area contributed by atoms with E-state index >= 15 is 0 Å². The van der Waals surface area contributed by atoms with Gasteiger partial charge in [0.2, 0.25) is 0 Å². The summed E-state index contributed by atoms with van der Waals surface area (Å²) in [5.41, 5.74) is 11.6. The lowest BCUT2D eigenvalue weighted by atomic mass is 10.1. The van der Waals surface area contributed by atoms with Crippen LogP contribution in [0.5, 0.6) is 0 Å². The maximum absolute atomic E-state index is 6.10. The Bertz CT molecular complexity index is 2930. The molecule has 0 bridgehead atoms. The van der Waals surface area contributed by atoms with E-state index in [0.717, 1.165) is 55.6 Å². The molecule has 5 aromatic heterocycles. The molecule has 238 valence electrons. The van der Waals surface area contributed by atoms with Crippen LogP contribution in [-0.2, 0) is 0 Å². The summed E-state index contributed by atoms with van der Waals surface area (Å²) in [6, 6.07) is 54.8. The highest BCUT2D eigenvalue weighted by molar-refractivity contribution is 6.11. The Hall–Kier alpha value is -7.12. The highest BCUT2D eigenvalue weighted by atomic mass is 16.3. The number of rotatable bonds is 4. The van der Waals surface area contributed by atoms with Crippen molar-refractivity contribution in [2.45, 2.75) is 0 Å². The van der Waals surface area contributed by atoms with Crippen LogP contribution in [0.2, 0.25) is 0 Å². The molecule has 5 heterocycles. The summed E-state index contributed by atoms with van der Waals surface area (Å²) in [5.74, 6) is 0.512. The van der Waals surface area contributed by atoms with Crippen LogP contribution in [-0.4, -0.2) is 29.3 Å². The largest absolute Gasteiger partial charge is 0.433 e. The van der Waals surface area contributed by atoms with Crippen molar-refractivity contribution in [1.82, 2.24) is 29.3 Å². The number of fused-ring (bicyclic) bond motifs is 9. The lowest BCUT2D eigenvalue weighted by molar-refractivity contribution is 0.643. The fourth-order valence-electron chi connectivity index (χ4n) is 7.57. The Morgan fingerprint density at radius 3 is 1.61 bits per heavy atom. The number of pyridine rings is 1. The van der Waals surface area contributed by atoms with Gasteiger partial charge in [-0.25, -0.2) is 9.97 Å². The van der Waals surface area contributed by atoms with Crippen molar-refractivity contribution in [2.75, 3.05) is 0 Å². The molecule has 7 heteroatoms. The predicted molar refractivity (Wildman–Crippen MR) is 204 cm³/mol. The summed E-state index contributed by atoms with van der Waals surface area (Å²) >= 11 is 0. The normalized spacial score (nSPS) is 11.9. The molecule has 0 fully saturated rings. The second kappa shape index (κ2) is 10.7. The van der Waals surface area contributed by atoms with Gasteiger partial charge in [-0.05, 0) is 60.7 Å². The van der Waals surface area contributed by atoms with Gasteiger partial charge < -0.3 is 13.6 Å². The number of hydrogen-bond donors (Lipinski definition) is 0. The van der Waals surface area contributed by atoms with E-state index in [-0.39, 0.29) is 0 Å². The van der Waals surface area contributed by atoms with Crippen LogP contribution in [0, 0.1) is 0 Å². The van der Waals surface area contributed by atoms with E-state index in [1.165, 1.54) is 16.2 Å². The zero-order valence-electron chi connectivity index (χ0n) is 27.1. The van der Waals surface area contributed by atoms with E-state index in [1.807, 2.05) is 24.3 Å². The molecule has 7 nitrogen and oxygen atoms in total. The van der Waals surface area contributed by atoms with Crippen LogP contribution in [0.1, 0.15) is 0 Å². The van der Waals surface area contributed by atoms with E-state index in [0.29, 0.717) is 28.2 Å². The third kappa shape index (κ3) is 4.18. The molecule has 0 saturated carbocycles. The molecule has 0 saturated heterocycles. The van der Waals surface area contributed by atoms with Crippen LogP contribution in [0.3, 0.4) is 0 Å². The molecule has 11 rings (SSSR count). The van der Waals surface area contributed by atoms with E-state index in [9.17, 15) is 0 Å². The highest BCUT2D eigenvalue weighted by Crippen LogP contribution is 2.37. The molecule has 0 aliphatic rings. The Morgan fingerprint density at radius 2 is 0.961 bits per heavy atom. The fourth-order valence-corrected chi connectivity index (χ4v) is 7.57. The third-order valence-corrected chi connectivity index (χ3v) is 9.88. The van der Waals surface area contributed by atoms with Gasteiger partial charge in [-0.15, -0.1) is 10.2 Å². The van der Waals surface area contributed by atoms with E-state index < -0.39 is 0 Å². The first-order valence-corrected chi connectivity index (χ1v) is 16.9. The molecule has 0 atom stereocenters. The summed E-state index contributed by atoms with van der Waals surface area (Å²) in [5, 5.41) is 13.8. The van der Waals surface area contributed by atoms with Gasteiger partial charge in [-0.1, -0.05) is 97.1 Å². The van der Waals surface area contributed by atoms with Crippen LogP contribution < -0.4 is 0 Å². The molecule has 51 heavy (non-hydrogen) atoms. The van der Waals surface area contributed by atoms with Gasteiger partial charge in [0.25, 0.3) is 5.71 Å². The summed E-state index contributed by atoms with van der Waals surface area (Å²) in [6.07, 6.45) is 0. The summed E-state index contributed by atoms with van der Waals surface area (Å²) in [6.45, 7) is 0. The van der Waals surface area contributed by atoms with Crippen LogP contribution in [0.15, 0.2) is 162 Å². The third-order valence-electron chi connectivity index (χ3n) is 9.88. The van der Waals surface area contributed by atoms with Crippen molar-refractivity contribution in [2.24, 2.45) is 0 Å². The van der Waals surface area contributed by atoms with Gasteiger partial charge in [0.15, 0.2) is 16.9 Å². The SMILES string of the molecule is c1ccc(-n2c3ccccc3c3ccc(-c4ccc5oc6nnc(-c7ccc8c9ccccc9n(-c9ccccc9)c8c7)nc6c5n4)cc32)cc1. The van der Waals surface area contributed by atoms with Crippen LogP contribution >= 0.6 is 0 Å². The van der Waals surface area contributed by atoms with Crippen molar-refractivity contribution >= 4 is 65.9 Å². The minimum atomic E-state index is 0.359. The van der Waals surface area contributed by atoms with Crippen molar-refractivity contribution in [3.05, 3.63) is 158 Å². The summed E-state index contributed by atoms with van der Waals surface area (Å²) < 4.78 is 10.7. The number of benzene rings is 6. The molecule has 0 amide bonds. The zero-order valence-corrected chi connectivity index (χ0v) is 27.1. The maximum atomic E-state index is 6.10. The first-order valence-electron chi connectivity index (χ1n) is 16.9. The van der Waals surface area contributed by atoms with E-state index in [1.54, 1.807) is 0 Å². The van der Waals surface area contributed by atoms with Crippen molar-refractivity contribution < 1.29 is 4.42 Å². The maximum Gasteiger partial charge on any atom is 0.267 e. The molecular weight excluding hydrogens is 629 g/mol. The second-order valence-electron chi connectivity index (χ2n) is 12.8. The summed E-state index contributed by atoms with van der Waals surface area (Å²) in [7, 11) is 0. The Labute approximate surface area is 290 Å². The van der Waals surface area contributed by atoms with Crippen molar-refractivity contribution in [3.8, 4) is 34.0 Å². The molecular formula is C44H26N6O. The Kier molecular flexibility index (Phi) is 5.83. The van der Waals surface area contributed by atoms with Gasteiger partial charge in [0.1, 0.15) is 5.52 Å². The van der Waals surface area contributed by atoms with Gasteiger partial charge in [-0.3, -0.25) is 0 Å². The second-order valence-corrected chi connectivity index (χ2v) is 12.8. The number of hydrogen-bond acceptors (Lipinski definition) is 5. The number of para-hydroxylation sites is 4. The predicted octanol–water partition coefficient (Wildman–Crippen LogP) is 10.7. The van der Waals surface area contributed by atoms with Gasteiger partial charge in [0, 0.05) is 44.0 Å². The Balaban J connectivity index is 1.07. The standard InChI is InChI=1S/C44H26N6O/c1-3-11-29(12-4-1)49-36-17-9-7-15-31(36)33-21-19-27(25-38(33)49)35-23-24-40-41(45-35)42-44(51-40)48-47-43(46-42)28-20-22-34-32-16-8-10-18-37(32)50(39(34)26-28)30-13-5-2-6-14-30/h1-26H. The zero-order chi connectivity index (χ0) is 33.5. The smallest absolute Gasteiger partial charge is 0.267 e. The lowest BCUT2D eigenvalue weighted by Gasteiger charge is -2.08. The lowest BCUT2D eigenvalue weighted by Crippen LogP contribution is -1.95. The van der Waals surface area contributed by atoms with Crippen LogP contribution in [0.4, 0.5) is 0 Å². The molecule has 0 aliphatic heterocycles. The topological polar surface area (TPSA) is 74.6 Å². The van der Waals surface area contributed by atoms with Crippen molar-refractivity contribution in [3.63, 3.8) is 0 Å². The van der Waals surface area contributed by atoms with Gasteiger partial charge in [-0.2, -0.15) is 0 Å². The number of aromatic nitrogens is 6. The highest BCUT2D eigenvalue weighted by Gasteiger charge is 2.19. The van der Waals surface area contributed by atoms with Gasteiger partial charge in [0.05, 0.1) is 27.8 Å². The quantitative estimate of drug-likeness (QED) is 0.189. The monoisotopic (exact) mass is 654 g/mol. The molecule has 0 spiro atoms. The molecule has 0 unspecified atom stereocenters. The Morgan fingerprint density at radius 1 is 0.412 bits per heavy atom. The minimum absolute atomic E-state index is 0.359. The van der Waals surface area contributed by atoms with Crippen LogP contribution in [0.25, 0.3) is 100.0 Å². The fraction of sp³-hybridized carbons (Fsp3) is 0. The molecule has 11 aromatic rings. The summed E-state index contributed by atoms with van der Waals surface area (Å²) in [4.78, 5) is 10.1. The number of furan rings is 1. The average molecular weight is 655 g/mol. The molecule has 6 aromatic carbocycles. The molecule has 0 N–H and O–H groups in total. The first kappa shape index (κ1) is 27.8. The average Bonchev–Trinajstić information content (AvgIpc) is 3.85. The minimum Gasteiger partial charge on any atom is -0.433 e. The molecule has 0 aliphatic carbocycles. The van der Waals surface area contributed by atoms with Crippen molar-refractivity contribution in [1.29, 1.82) is 0 Å². The van der Waals surface area contributed by atoms with Gasteiger partial charge >= 0.3 is 0 Å².